The van der Waals surface area contributed by atoms with Gasteiger partial charge in [0.15, 0.2) is 0 Å². The molecule has 32 heavy (non-hydrogen) atoms. The molecular formula is C22H22ClF3N2O3S. The average molecular weight is 487 g/mol. The number of alkyl halides is 3. The van der Waals surface area contributed by atoms with Gasteiger partial charge in [-0.05, 0) is 61.4 Å². The zero-order valence-electron chi connectivity index (χ0n) is 17.0. The molecule has 2 saturated carbocycles. The Hall–Kier alpha value is -2.26. The highest BCUT2D eigenvalue weighted by Crippen LogP contribution is 2.44. The Morgan fingerprint density at radius 2 is 1.81 bits per heavy atom. The first-order valence-electron chi connectivity index (χ1n) is 10.3. The summed E-state index contributed by atoms with van der Waals surface area (Å²) in [6.07, 6.45) is -0.679. The van der Waals surface area contributed by atoms with Gasteiger partial charge >= 0.3 is 6.18 Å². The standard InChI is InChI=1S/C22H22ClF3N2O3S/c23-18-9-8-16(22(24,25)26)12-20(18)28(32(30,31)17-4-2-1-3-5-17)13-21(29)27-19-11-14-6-7-15(19)10-14/h1-5,8-9,12,14-15,19H,6-7,10-11,13H2,(H,27,29)/t14-,15+,19-/m0/s1. The fourth-order valence-corrected chi connectivity index (χ4v) is 6.43. The second-order valence-corrected chi connectivity index (χ2v) is 10.6. The van der Waals surface area contributed by atoms with Gasteiger partial charge in [0.2, 0.25) is 5.91 Å². The second-order valence-electron chi connectivity index (χ2n) is 8.34. The molecule has 2 aromatic rings. The maximum absolute atomic E-state index is 13.4. The topological polar surface area (TPSA) is 66.5 Å². The number of anilines is 1. The third kappa shape index (κ3) is 4.59. The summed E-state index contributed by atoms with van der Waals surface area (Å²) in [6.45, 7) is -0.674. The van der Waals surface area contributed by atoms with Crippen LogP contribution in [0.15, 0.2) is 53.4 Å². The maximum Gasteiger partial charge on any atom is 0.416 e. The number of nitrogens with zero attached hydrogens (tertiary/aromatic N) is 1. The molecule has 0 aromatic heterocycles. The van der Waals surface area contributed by atoms with Crippen LogP contribution in [0.2, 0.25) is 5.02 Å². The molecule has 2 aliphatic carbocycles. The highest BCUT2D eigenvalue weighted by molar-refractivity contribution is 7.92. The molecule has 1 N–H and O–H groups in total. The lowest BCUT2D eigenvalue weighted by atomic mass is 9.95. The smallest absolute Gasteiger partial charge is 0.352 e. The molecule has 0 aliphatic heterocycles. The quantitative estimate of drug-likeness (QED) is 0.634. The molecule has 172 valence electrons. The van der Waals surface area contributed by atoms with E-state index in [-0.39, 0.29) is 16.0 Å². The van der Waals surface area contributed by atoms with Crippen LogP contribution in [-0.2, 0) is 21.0 Å². The van der Waals surface area contributed by atoms with Gasteiger partial charge in [0.05, 0.1) is 21.2 Å². The molecule has 0 unspecified atom stereocenters. The predicted octanol–water partition coefficient (Wildman–Crippen LogP) is 4.86. The highest BCUT2D eigenvalue weighted by atomic mass is 35.5. The Labute approximate surface area is 189 Å². The van der Waals surface area contributed by atoms with Crippen LogP contribution < -0.4 is 9.62 Å². The van der Waals surface area contributed by atoms with Gasteiger partial charge in [-0.3, -0.25) is 9.10 Å². The summed E-state index contributed by atoms with van der Waals surface area (Å²) in [5, 5.41) is 2.68. The van der Waals surface area contributed by atoms with E-state index in [1.165, 1.54) is 24.3 Å². The minimum atomic E-state index is -4.70. The number of hydrogen-bond donors (Lipinski definition) is 1. The van der Waals surface area contributed by atoms with Crippen molar-refractivity contribution in [2.75, 3.05) is 10.8 Å². The molecule has 10 heteroatoms. The van der Waals surface area contributed by atoms with Crippen molar-refractivity contribution in [3.05, 3.63) is 59.1 Å². The summed E-state index contributed by atoms with van der Waals surface area (Å²) in [5.41, 5.74) is -1.45. The monoisotopic (exact) mass is 486 g/mol. The maximum atomic E-state index is 13.4. The molecule has 2 aliphatic rings. The highest BCUT2D eigenvalue weighted by Gasteiger charge is 2.41. The Bertz CT molecular complexity index is 1110. The van der Waals surface area contributed by atoms with E-state index in [2.05, 4.69) is 5.32 Å². The summed E-state index contributed by atoms with van der Waals surface area (Å²) in [7, 11) is -4.36. The summed E-state index contributed by atoms with van der Waals surface area (Å²) in [5.74, 6) is 0.350. The van der Waals surface area contributed by atoms with E-state index in [0.29, 0.717) is 22.2 Å². The van der Waals surface area contributed by atoms with Gasteiger partial charge in [-0.2, -0.15) is 13.2 Å². The molecule has 0 heterocycles. The zero-order chi connectivity index (χ0) is 23.1. The van der Waals surface area contributed by atoms with Crippen molar-refractivity contribution in [3.8, 4) is 0 Å². The Morgan fingerprint density at radius 3 is 2.41 bits per heavy atom. The van der Waals surface area contributed by atoms with Crippen LogP contribution in [0.25, 0.3) is 0 Å². The molecular weight excluding hydrogens is 465 g/mol. The van der Waals surface area contributed by atoms with E-state index in [9.17, 15) is 26.4 Å². The van der Waals surface area contributed by atoms with Crippen molar-refractivity contribution in [1.82, 2.24) is 5.32 Å². The molecule has 3 atom stereocenters. The van der Waals surface area contributed by atoms with Crippen molar-refractivity contribution in [2.45, 2.75) is 42.8 Å². The Morgan fingerprint density at radius 1 is 1.09 bits per heavy atom. The Balaban J connectivity index is 1.68. The lowest BCUT2D eigenvalue weighted by Crippen LogP contribution is -2.46. The van der Waals surface area contributed by atoms with Gasteiger partial charge in [-0.15, -0.1) is 0 Å². The number of sulfonamides is 1. The fourth-order valence-electron chi connectivity index (χ4n) is 4.70. The minimum absolute atomic E-state index is 0.0421. The normalized spacial score (nSPS) is 22.7. The zero-order valence-corrected chi connectivity index (χ0v) is 18.6. The SMILES string of the molecule is O=C(CN(c1cc(C(F)(F)F)ccc1Cl)S(=O)(=O)c1ccccc1)N[C@H]1C[C@H]2CC[C@@H]1C2. The van der Waals surface area contributed by atoms with E-state index in [1.54, 1.807) is 6.07 Å². The van der Waals surface area contributed by atoms with Gasteiger partial charge in [0, 0.05) is 6.04 Å². The van der Waals surface area contributed by atoms with Crippen molar-refractivity contribution in [1.29, 1.82) is 0 Å². The fraction of sp³-hybridized carbons (Fsp3) is 0.409. The third-order valence-corrected chi connectivity index (χ3v) is 8.34. The van der Waals surface area contributed by atoms with Crippen LogP contribution in [0, 0.1) is 11.8 Å². The number of halogens is 4. The Kier molecular flexibility index (Phi) is 6.15. The van der Waals surface area contributed by atoms with E-state index in [1.807, 2.05) is 0 Å². The summed E-state index contributed by atoms with van der Waals surface area (Å²) < 4.78 is 67.3. The first kappa shape index (κ1) is 22.9. The van der Waals surface area contributed by atoms with Crippen molar-refractivity contribution >= 4 is 33.2 Å². The van der Waals surface area contributed by atoms with Crippen molar-refractivity contribution in [2.24, 2.45) is 11.8 Å². The molecule has 5 nitrogen and oxygen atoms in total. The van der Waals surface area contributed by atoms with Gasteiger partial charge in [0.1, 0.15) is 6.54 Å². The summed E-state index contributed by atoms with van der Waals surface area (Å²) >= 11 is 6.13. The van der Waals surface area contributed by atoms with Crippen LogP contribution >= 0.6 is 11.6 Å². The summed E-state index contributed by atoms with van der Waals surface area (Å²) in [4.78, 5) is 12.7. The number of benzene rings is 2. The van der Waals surface area contributed by atoms with Gasteiger partial charge in [0.25, 0.3) is 10.0 Å². The van der Waals surface area contributed by atoms with Crippen LogP contribution in [0.1, 0.15) is 31.2 Å². The molecule has 1 amide bonds. The van der Waals surface area contributed by atoms with Gasteiger partial charge in [-0.1, -0.05) is 36.2 Å². The van der Waals surface area contributed by atoms with E-state index >= 15 is 0 Å². The average Bonchev–Trinajstić information content (AvgIpc) is 3.35. The molecule has 0 saturated heterocycles. The molecule has 2 fully saturated rings. The van der Waals surface area contributed by atoms with Crippen LogP contribution in [0.4, 0.5) is 18.9 Å². The molecule has 4 rings (SSSR count). The number of carbonyl (C=O) groups excluding carboxylic acids is 1. The van der Waals surface area contributed by atoms with Gasteiger partial charge in [-0.25, -0.2) is 8.42 Å². The number of carbonyl (C=O) groups is 1. The van der Waals surface area contributed by atoms with Gasteiger partial charge < -0.3 is 5.32 Å². The van der Waals surface area contributed by atoms with E-state index in [0.717, 1.165) is 37.8 Å². The number of hydrogen-bond acceptors (Lipinski definition) is 3. The molecule has 2 aromatic carbocycles. The van der Waals surface area contributed by atoms with E-state index in [4.69, 9.17) is 11.6 Å². The van der Waals surface area contributed by atoms with Crippen LogP contribution in [0.5, 0.6) is 0 Å². The van der Waals surface area contributed by atoms with Crippen LogP contribution in [0.3, 0.4) is 0 Å². The minimum Gasteiger partial charge on any atom is -0.352 e. The first-order chi connectivity index (χ1) is 15.1. The van der Waals surface area contributed by atoms with Crippen LogP contribution in [-0.4, -0.2) is 26.9 Å². The second kappa shape index (κ2) is 8.59. The number of fused-ring (bicyclic) bond motifs is 2. The lowest BCUT2D eigenvalue weighted by Gasteiger charge is -2.28. The van der Waals surface area contributed by atoms with E-state index < -0.39 is 39.9 Å². The summed E-state index contributed by atoms with van der Waals surface area (Å²) in [6, 6.07) is 9.61. The predicted molar refractivity (Wildman–Crippen MR) is 115 cm³/mol. The third-order valence-electron chi connectivity index (χ3n) is 6.25. The molecule has 0 spiro atoms. The molecule has 0 radical (unpaired) electrons. The van der Waals surface area contributed by atoms with Crippen molar-refractivity contribution in [3.63, 3.8) is 0 Å². The molecule has 2 bridgehead atoms. The first-order valence-corrected chi connectivity index (χ1v) is 12.1. The number of rotatable bonds is 6. The number of nitrogens with one attached hydrogen (secondary N) is 1. The lowest BCUT2D eigenvalue weighted by molar-refractivity contribution is -0.137. The largest absolute Gasteiger partial charge is 0.416 e. The van der Waals surface area contributed by atoms with Crippen molar-refractivity contribution < 1.29 is 26.4 Å². The number of amides is 1.